The highest BCUT2D eigenvalue weighted by Crippen LogP contribution is 2.56. The molecule has 0 aliphatic heterocycles. The Kier molecular flexibility index (Phi) is 7.35. The highest BCUT2D eigenvalue weighted by atomic mass is 16.4. The molecule has 1 saturated carbocycles. The van der Waals surface area contributed by atoms with Crippen LogP contribution in [-0.2, 0) is 32.1 Å². The van der Waals surface area contributed by atoms with Gasteiger partial charge in [-0.25, -0.2) is 0 Å². The second kappa shape index (κ2) is 10.5. The van der Waals surface area contributed by atoms with Crippen molar-refractivity contribution in [1.82, 2.24) is 20.0 Å². The molecule has 0 radical (unpaired) electrons. The van der Waals surface area contributed by atoms with Crippen molar-refractivity contribution in [1.29, 1.82) is 0 Å². The normalized spacial score (nSPS) is 33.9. The summed E-state index contributed by atoms with van der Waals surface area (Å²) in [4.78, 5) is 53.8. The Balaban J connectivity index is 1.56. The quantitative estimate of drug-likeness (QED) is 0.203. The molecule has 230 valence electrons. The van der Waals surface area contributed by atoms with E-state index in [9.17, 15) is 44.7 Å². The number of hydrogen-bond donors (Lipinski definition) is 7. The first kappa shape index (κ1) is 30.2. The number of nitrogens with one attached hydrogen (secondary N) is 1. The average molecular weight is 598 g/mol. The maximum Gasteiger partial charge on any atom is 0.255 e. The minimum atomic E-state index is -2.99. The number of primary amides is 1. The number of aryl methyl sites for hydroxylation is 1. The van der Waals surface area contributed by atoms with Crippen molar-refractivity contribution in [3.8, 4) is 0 Å². The monoisotopic (exact) mass is 597 g/mol. The largest absolute Gasteiger partial charge is 0.510 e. The van der Waals surface area contributed by atoms with Gasteiger partial charge < -0.3 is 36.6 Å². The van der Waals surface area contributed by atoms with E-state index in [2.05, 4.69) is 10.4 Å². The number of hydrogen-bond acceptors (Lipinski definition) is 11. The number of amides is 2. The molecule has 1 fully saturated rings. The number of nitrogens with two attached hydrogens (primary N) is 1. The molecule has 14 heteroatoms. The molecular weight excluding hydrogens is 562 g/mol. The fourth-order valence-electron chi connectivity index (χ4n) is 7.18. The van der Waals surface area contributed by atoms with Gasteiger partial charge in [0.25, 0.3) is 5.91 Å². The summed E-state index contributed by atoms with van der Waals surface area (Å²) in [6.07, 6.45) is 5.49. The van der Waals surface area contributed by atoms with Gasteiger partial charge in [0.1, 0.15) is 29.4 Å². The molecule has 8 N–H and O–H groups in total. The Morgan fingerprint density at radius 3 is 2.44 bits per heavy atom. The van der Waals surface area contributed by atoms with Gasteiger partial charge in [-0.3, -0.25) is 28.8 Å². The van der Waals surface area contributed by atoms with Crippen LogP contribution in [0.25, 0.3) is 0 Å². The van der Waals surface area contributed by atoms with Gasteiger partial charge in [0, 0.05) is 17.7 Å². The number of ketones is 2. The van der Waals surface area contributed by atoms with Gasteiger partial charge in [0.15, 0.2) is 11.4 Å². The van der Waals surface area contributed by atoms with Gasteiger partial charge in [-0.15, -0.1) is 0 Å². The van der Waals surface area contributed by atoms with Gasteiger partial charge in [0.2, 0.25) is 11.7 Å². The van der Waals surface area contributed by atoms with Gasteiger partial charge in [-0.05, 0) is 44.0 Å². The number of nitrogens with zero attached hydrogens (tertiary/aromatic N) is 3. The van der Waals surface area contributed by atoms with Crippen molar-refractivity contribution in [3.63, 3.8) is 0 Å². The summed E-state index contributed by atoms with van der Waals surface area (Å²) in [6.45, 7) is 3.47. The van der Waals surface area contributed by atoms with Crippen molar-refractivity contribution in [2.24, 2.45) is 35.3 Å². The van der Waals surface area contributed by atoms with Crippen LogP contribution in [0.1, 0.15) is 19.4 Å². The first-order chi connectivity index (χ1) is 20.2. The van der Waals surface area contributed by atoms with E-state index in [-0.39, 0.29) is 12.2 Å². The molecule has 6 unspecified atom stereocenters. The van der Waals surface area contributed by atoms with Crippen molar-refractivity contribution >= 4 is 23.4 Å². The molecule has 0 spiro atoms. The third kappa shape index (κ3) is 4.31. The zero-order valence-electron chi connectivity index (χ0n) is 24.1. The minimum absolute atomic E-state index is 0.0496. The molecule has 0 bridgehead atoms. The van der Waals surface area contributed by atoms with Crippen LogP contribution in [0, 0.1) is 29.6 Å². The Labute approximate surface area is 246 Å². The number of Topliss-reactive ketones (excluding diaryl/α,β-unsaturated/α-hetero) is 2. The van der Waals surface area contributed by atoms with Gasteiger partial charge in [0.05, 0.1) is 35.9 Å². The van der Waals surface area contributed by atoms with Crippen LogP contribution >= 0.6 is 0 Å². The Morgan fingerprint density at radius 2 is 1.86 bits per heavy atom. The third-order valence-corrected chi connectivity index (χ3v) is 9.26. The van der Waals surface area contributed by atoms with Crippen LogP contribution in [-0.4, -0.2) is 95.4 Å². The van der Waals surface area contributed by atoms with E-state index >= 15 is 0 Å². The molecule has 1 aromatic rings. The van der Waals surface area contributed by atoms with Crippen molar-refractivity contribution in [3.05, 3.63) is 64.2 Å². The van der Waals surface area contributed by atoms with E-state index in [1.807, 2.05) is 6.92 Å². The number of allylic oxidation sites excluding steroid dienone is 3. The van der Waals surface area contributed by atoms with Crippen LogP contribution in [0.3, 0.4) is 0 Å². The summed E-state index contributed by atoms with van der Waals surface area (Å²) in [5.41, 5.74) is 1.81. The second-order valence-corrected chi connectivity index (χ2v) is 11.8. The topological polar surface area (TPSA) is 229 Å². The van der Waals surface area contributed by atoms with Crippen LogP contribution in [0.2, 0.25) is 0 Å². The summed E-state index contributed by atoms with van der Waals surface area (Å²) < 4.78 is 1.43. The van der Waals surface area contributed by atoms with Crippen molar-refractivity contribution < 1.29 is 44.7 Å². The second-order valence-electron chi connectivity index (χ2n) is 11.8. The molecule has 43 heavy (non-hydrogen) atoms. The summed E-state index contributed by atoms with van der Waals surface area (Å²) in [5, 5.41) is 63.8. The predicted molar refractivity (Wildman–Crippen MR) is 149 cm³/mol. The molecule has 4 aliphatic rings. The van der Waals surface area contributed by atoms with Crippen LogP contribution in [0.4, 0.5) is 0 Å². The minimum Gasteiger partial charge on any atom is -0.510 e. The fraction of sp³-hybridized carbons (Fsp3) is 0.483. The molecule has 14 nitrogen and oxygen atoms in total. The number of likely N-dealkylation sites (N-methyl/N-ethyl adjacent to an activating group) is 1. The number of aliphatic hydroxyl groups is 5. The lowest BCUT2D eigenvalue weighted by Crippen LogP contribution is -2.69. The zero-order chi connectivity index (χ0) is 31.7. The van der Waals surface area contributed by atoms with Crippen molar-refractivity contribution in [2.75, 3.05) is 14.1 Å². The number of rotatable bonds is 6. The lowest BCUT2D eigenvalue weighted by atomic mass is 9.52. The predicted octanol–water partition coefficient (Wildman–Crippen LogP) is -0.687. The van der Waals surface area contributed by atoms with Gasteiger partial charge in [-0.1, -0.05) is 19.9 Å². The molecule has 2 amide bonds. The maximum atomic E-state index is 14.0. The number of aliphatic hydroxyl groups excluding tert-OH is 4. The maximum absolute atomic E-state index is 14.0. The Bertz CT molecular complexity index is 1550. The fourth-order valence-corrected chi connectivity index (χ4v) is 7.18. The molecule has 8 atom stereocenters. The standard InChI is InChI=1S/C29H35N5O9/c1-5-12-8-31-34(9-12)10-15(35)32-14-7-6-13-11(2)16-18(23(37)17(13)22(14)36)26(40)29(43)20(24(16)38)21(33(3)4)25(39)19(27(29)41)28(30)42/h6-9,11,13,16-17,20-21,24,36,38-40,43H,5,10H2,1-4H3,(H2,30,42)(H,32,35)/t11?,13?,16?,17?,20?,21-,24?,29-/m0/s1. The summed E-state index contributed by atoms with van der Waals surface area (Å²) in [6, 6.07) is -1.33. The lowest BCUT2D eigenvalue weighted by Gasteiger charge is -2.55. The number of fused-ring (bicyclic) bond motifs is 3. The lowest BCUT2D eigenvalue weighted by molar-refractivity contribution is -0.167. The molecule has 1 aromatic heterocycles. The van der Waals surface area contributed by atoms with Crippen LogP contribution < -0.4 is 11.1 Å². The summed E-state index contributed by atoms with van der Waals surface area (Å²) >= 11 is 0. The SMILES string of the molecule is CCc1cnn(CC(=O)NC2=C(O)C3C(=O)C4=C(O)[C@]5(O)C(=O)C(C(N)=O)=C(O)[C@@H](N(C)C)C5C(O)C4C(C)C3C=C2)c1. The van der Waals surface area contributed by atoms with Gasteiger partial charge in [-0.2, -0.15) is 5.10 Å². The average Bonchev–Trinajstić information content (AvgIpc) is 3.39. The van der Waals surface area contributed by atoms with E-state index in [1.54, 1.807) is 25.4 Å². The molecule has 1 heterocycles. The molecular formula is C29H35N5O9. The smallest absolute Gasteiger partial charge is 0.255 e. The van der Waals surface area contributed by atoms with E-state index in [0.717, 1.165) is 12.0 Å². The Hall–Kier alpha value is -4.27. The van der Waals surface area contributed by atoms with Crippen LogP contribution in [0.5, 0.6) is 0 Å². The molecule has 5 rings (SSSR count). The Morgan fingerprint density at radius 1 is 1.19 bits per heavy atom. The molecule has 0 saturated heterocycles. The van der Waals surface area contributed by atoms with E-state index in [1.165, 1.54) is 29.8 Å². The highest BCUT2D eigenvalue weighted by molar-refractivity contribution is 6.24. The first-order valence-electron chi connectivity index (χ1n) is 13.9. The number of aromatic nitrogens is 2. The van der Waals surface area contributed by atoms with E-state index in [4.69, 9.17) is 5.73 Å². The molecule has 4 aliphatic carbocycles. The van der Waals surface area contributed by atoms with Crippen LogP contribution in [0.15, 0.2) is 58.7 Å². The number of carbonyl (C=O) groups is 4. The summed E-state index contributed by atoms with van der Waals surface area (Å²) in [5.74, 6) is -11.9. The van der Waals surface area contributed by atoms with Gasteiger partial charge >= 0.3 is 0 Å². The number of carbonyl (C=O) groups excluding carboxylic acids is 4. The first-order valence-corrected chi connectivity index (χ1v) is 13.9. The zero-order valence-corrected chi connectivity index (χ0v) is 24.1. The van der Waals surface area contributed by atoms with E-state index < -0.39 is 99.1 Å². The molecule has 0 aromatic carbocycles. The summed E-state index contributed by atoms with van der Waals surface area (Å²) in [7, 11) is 2.95. The third-order valence-electron chi connectivity index (χ3n) is 9.26. The van der Waals surface area contributed by atoms with Crippen molar-refractivity contribution in [2.45, 2.75) is 44.6 Å². The van der Waals surface area contributed by atoms with E-state index in [0.29, 0.717) is 0 Å². The highest BCUT2D eigenvalue weighted by Gasteiger charge is 2.68.